The van der Waals surface area contributed by atoms with E-state index in [1.54, 1.807) is 13.4 Å². The van der Waals surface area contributed by atoms with Crippen molar-refractivity contribution in [1.29, 1.82) is 0 Å². The number of aryl methyl sites for hydroxylation is 2. The maximum Gasteiger partial charge on any atom is 0.122 e. The van der Waals surface area contributed by atoms with Gasteiger partial charge in [0.25, 0.3) is 0 Å². The van der Waals surface area contributed by atoms with Crippen molar-refractivity contribution in [2.45, 2.75) is 32.2 Å². The molecule has 1 aromatic heterocycles. The third kappa shape index (κ3) is 3.87. The summed E-state index contributed by atoms with van der Waals surface area (Å²) in [5.41, 5.74) is 2.52. The first kappa shape index (κ1) is 14.7. The van der Waals surface area contributed by atoms with Crippen molar-refractivity contribution in [1.82, 2.24) is 5.32 Å². The summed E-state index contributed by atoms with van der Waals surface area (Å²) in [7, 11) is 3.74. The van der Waals surface area contributed by atoms with Crippen molar-refractivity contribution >= 4 is 0 Å². The molecule has 1 N–H and O–H groups in total. The van der Waals surface area contributed by atoms with E-state index in [0.717, 1.165) is 30.8 Å². The quantitative estimate of drug-likeness (QED) is 0.840. The van der Waals surface area contributed by atoms with Crippen LogP contribution in [-0.4, -0.2) is 20.2 Å². The minimum atomic E-state index is 0.413. The van der Waals surface area contributed by atoms with Crippen molar-refractivity contribution in [2.75, 3.05) is 14.2 Å². The summed E-state index contributed by atoms with van der Waals surface area (Å²) in [6, 6.07) is 10.7. The summed E-state index contributed by atoms with van der Waals surface area (Å²) >= 11 is 0. The molecule has 0 spiro atoms. The Hall–Kier alpha value is -1.74. The Morgan fingerprint density at radius 1 is 1.30 bits per heavy atom. The van der Waals surface area contributed by atoms with E-state index in [4.69, 9.17) is 9.15 Å². The molecule has 2 rings (SSSR count). The lowest BCUT2D eigenvalue weighted by atomic mass is 9.99. The van der Waals surface area contributed by atoms with Gasteiger partial charge in [0.2, 0.25) is 0 Å². The minimum Gasteiger partial charge on any atom is -0.496 e. The van der Waals surface area contributed by atoms with Gasteiger partial charge in [-0.25, -0.2) is 0 Å². The second kappa shape index (κ2) is 7.15. The predicted octanol–water partition coefficient (Wildman–Crippen LogP) is 3.36. The van der Waals surface area contributed by atoms with Gasteiger partial charge in [0.15, 0.2) is 0 Å². The van der Waals surface area contributed by atoms with Crippen LogP contribution in [0.1, 0.15) is 23.3 Å². The molecule has 1 atom stereocenters. The zero-order valence-corrected chi connectivity index (χ0v) is 12.5. The van der Waals surface area contributed by atoms with Gasteiger partial charge in [0.1, 0.15) is 11.5 Å². The molecule has 0 amide bonds. The van der Waals surface area contributed by atoms with Crippen LogP contribution in [0.5, 0.6) is 5.75 Å². The number of hydrogen-bond donors (Lipinski definition) is 1. The second-order valence-corrected chi connectivity index (χ2v) is 5.12. The second-order valence-electron chi connectivity index (χ2n) is 5.12. The zero-order valence-electron chi connectivity index (χ0n) is 12.5. The van der Waals surface area contributed by atoms with E-state index < -0.39 is 0 Å². The monoisotopic (exact) mass is 273 g/mol. The number of methoxy groups -OCH3 is 1. The molecule has 0 radical (unpaired) electrons. The van der Waals surface area contributed by atoms with Crippen molar-refractivity contribution in [3.05, 3.63) is 53.5 Å². The standard InChI is InChI=1S/C17H23NO2/c1-13-6-9-17(19-3)14(11-13)12-15(18-2)7-8-16-5-4-10-20-16/h4-6,9-11,15,18H,7-8,12H2,1-3H3. The summed E-state index contributed by atoms with van der Waals surface area (Å²) in [5, 5.41) is 3.39. The summed E-state index contributed by atoms with van der Waals surface area (Å²) in [5.74, 6) is 2.01. The highest BCUT2D eigenvalue weighted by molar-refractivity contribution is 5.37. The molecule has 0 fully saturated rings. The molecule has 0 saturated carbocycles. The maximum atomic E-state index is 5.45. The number of nitrogens with one attached hydrogen (secondary N) is 1. The number of rotatable bonds is 7. The van der Waals surface area contributed by atoms with E-state index in [2.05, 4.69) is 24.4 Å². The van der Waals surface area contributed by atoms with E-state index in [1.807, 2.05) is 25.2 Å². The molecule has 0 aliphatic heterocycles. The van der Waals surface area contributed by atoms with Crippen molar-refractivity contribution in [3.63, 3.8) is 0 Å². The SMILES string of the molecule is CNC(CCc1ccco1)Cc1cc(C)ccc1OC. The summed E-state index contributed by atoms with van der Waals surface area (Å²) in [4.78, 5) is 0. The Morgan fingerprint density at radius 2 is 2.15 bits per heavy atom. The van der Waals surface area contributed by atoms with Crippen molar-refractivity contribution < 1.29 is 9.15 Å². The van der Waals surface area contributed by atoms with Gasteiger partial charge in [-0.2, -0.15) is 0 Å². The molecule has 1 unspecified atom stereocenters. The highest BCUT2D eigenvalue weighted by Gasteiger charge is 2.12. The van der Waals surface area contributed by atoms with Gasteiger partial charge in [-0.05, 0) is 50.6 Å². The first-order valence-corrected chi connectivity index (χ1v) is 7.06. The first-order chi connectivity index (χ1) is 9.72. The zero-order chi connectivity index (χ0) is 14.4. The smallest absolute Gasteiger partial charge is 0.122 e. The van der Waals surface area contributed by atoms with Crippen LogP contribution >= 0.6 is 0 Å². The van der Waals surface area contributed by atoms with Crippen LogP contribution < -0.4 is 10.1 Å². The first-order valence-electron chi connectivity index (χ1n) is 7.06. The molecular weight excluding hydrogens is 250 g/mol. The number of ether oxygens (including phenoxy) is 1. The molecule has 0 aliphatic carbocycles. The Kier molecular flexibility index (Phi) is 5.24. The largest absolute Gasteiger partial charge is 0.496 e. The fraction of sp³-hybridized carbons (Fsp3) is 0.412. The molecule has 1 aromatic carbocycles. The highest BCUT2D eigenvalue weighted by Crippen LogP contribution is 2.22. The van der Waals surface area contributed by atoms with Crippen molar-refractivity contribution in [2.24, 2.45) is 0 Å². The topological polar surface area (TPSA) is 34.4 Å². The lowest BCUT2D eigenvalue weighted by Crippen LogP contribution is -2.28. The average Bonchev–Trinajstić information content (AvgIpc) is 2.97. The highest BCUT2D eigenvalue weighted by atomic mass is 16.5. The van der Waals surface area contributed by atoms with Crippen LogP contribution in [0.3, 0.4) is 0 Å². The third-order valence-electron chi connectivity index (χ3n) is 3.63. The number of benzene rings is 1. The van der Waals surface area contributed by atoms with Gasteiger partial charge in [-0.3, -0.25) is 0 Å². The van der Waals surface area contributed by atoms with Gasteiger partial charge in [-0.1, -0.05) is 17.7 Å². The van der Waals surface area contributed by atoms with Crippen LogP contribution in [0.4, 0.5) is 0 Å². The Balaban J connectivity index is 2.00. The minimum absolute atomic E-state index is 0.413. The van der Waals surface area contributed by atoms with Gasteiger partial charge >= 0.3 is 0 Å². The van der Waals surface area contributed by atoms with Gasteiger partial charge in [0, 0.05) is 12.5 Å². The summed E-state index contributed by atoms with van der Waals surface area (Å²) < 4.78 is 10.8. The number of furan rings is 1. The summed E-state index contributed by atoms with van der Waals surface area (Å²) in [6.07, 6.45) is 4.68. The average molecular weight is 273 g/mol. The van der Waals surface area contributed by atoms with E-state index in [0.29, 0.717) is 6.04 Å². The van der Waals surface area contributed by atoms with E-state index >= 15 is 0 Å². The molecule has 108 valence electrons. The van der Waals surface area contributed by atoms with E-state index in [-0.39, 0.29) is 0 Å². The predicted molar refractivity (Wildman–Crippen MR) is 81.3 cm³/mol. The Labute approximate surface area is 121 Å². The lowest BCUT2D eigenvalue weighted by Gasteiger charge is -2.18. The molecule has 0 bridgehead atoms. The van der Waals surface area contributed by atoms with Crippen LogP contribution in [0, 0.1) is 6.92 Å². The molecule has 2 aromatic rings. The normalized spacial score (nSPS) is 12.3. The Bertz CT molecular complexity index is 520. The van der Waals surface area contributed by atoms with E-state index in [9.17, 15) is 0 Å². The molecule has 20 heavy (non-hydrogen) atoms. The fourth-order valence-electron chi connectivity index (χ4n) is 2.45. The van der Waals surface area contributed by atoms with Gasteiger partial charge in [-0.15, -0.1) is 0 Å². The van der Waals surface area contributed by atoms with Crippen molar-refractivity contribution in [3.8, 4) is 5.75 Å². The molecule has 0 aliphatic rings. The third-order valence-corrected chi connectivity index (χ3v) is 3.63. The maximum absolute atomic E-state index is 5.45. The Morgan fingerprint density at radius 3 is 2.80 bits per heavy atom. The summed E-state index contributed by atoms with van der Waals surface area (Å²) in [6.45, 7) is 2.11. The number of hydrogen-bond acceptors (Lipinski definition) is 3. The molecule has 3 nitrogen and oxygen atoms in total. The van der Waals surface area contributed by atoms with Crippen LogP contribution in [-0.2, 0) is 12.8 Å². The van der Waals surface area contributed by atoms with E-state index in [1.165, 1.54) is 11.1 Å². The van der Waals surface area contributed by atoms with Gasteiger partial charge in [0.05, 0.1) is 13.4 Å². The number of likely N-dealkylation sites (N-methyl/N-ethyl adjacent to an activating group) is 1. The molecular formula is C17H23NO2. The van der Waals surface area contributed by atoms with Crippen LogP contribution in [0.25, 0.3) is 0 Å². The molecule has 0 saturated heterocycles. The van der Waals surface area contributed by atoms with Crippen LogP contribution in [0.2, 0.25) is 0 Å². The fourth-order valence-corrected chi connectivity index (χ4v) is 2.45. The molecule has 3 heteroatoms. The molecule has 1 heterocycles. The lowest BCUT2D eigenvalue weighted by molar-refractivity contribution is 0.403. The van der Waals surface area contributed by atoms with Gasteiger partial charge < -0.3 is 14.5 Å². The van der Waals surface area contributed by atoms with Crippen LogP contribution in [0.15, 0.2) is 41.0 Å².